The number of aromatic nitrogens is 2. The molecule has 0 unspecified atom stereocenters. The monoisotopic (exact) mass is 438 g/mol. The Morgan fingerprint density at radius 1 is 0.788 bits per heavy atom. The van der Waals surface area contributed by atoms with E-state index in [1.54, 1.807) is 21.7 Å². The number of hydrogen-bond donors (Lipinski definition) is 0. The molecule has 1 amide bonds. The number of carbonyl (C=O) groups is 1. The molecule has 1 aliphatic heterocycles. The molecule has 0 aliphatic carbocycles. The average Bonchev–Trinajstić information content (AvgIpc) is 2.87. The highest BCUT2D eigenvalue weighted by atomic mass is 16.2. The number of fused-ring (bicyclic) bond motifs is 1. The molecule has 0 atom stereocenters. The normalized spacial score (nSPS) is 14.5. The molecular formula is C27H26N4O2. The lowest BCUT2D eigenvalue weighted by Crippen LogP contribution is -2.49. The molecule has 1 fully saturated rings. The van der Waals surface area contributed by atoms with Crippen molar-refractivity contribution in [2.75, 3.05) is 26.2 Å². The Morgan fingerprint density at radius 3 is 2.09 bits per heavy atom. The summed E-state index contributed by atoms with van der Waals surface area (Å²) >= 11 is 0. The van der Waals surface area contributed by atoms with E-state index < -0.39 is 0 Å². The van der Waals surface area contributed by atoms with E-state index in [1.165, 1.54) is 5.56 Å². The van der Waals surface area contributed by atoms with Crippen LogP contribution in [0.5, 0.6) is 0 Å². The second-order valence-corrected chi connectivity index (χ2v) is 8.41. The van der Waals surface area contributed by atoms with Gasteiger partial charge in [-0.1, -0.05) is 60.7 Å². The van der Waals surface area contributed by atoms with Gasteiger partial charge in [-0.15, -0.1) is 0 Å². The zero-order valence-corrected chi connectivity index (χ0v) is 18.4. The van der Waals surface area contributed by atoms with Crippen LogP contribution in [0, 0.1) is 0 Å². The first-order valence-corrected chi connectivity index (χ1v) is 11.3. The Bertz CT molecular complexity index is 1310. The Labute approximate surface area is 192 Å². The summed E-state index contributed by atoms with van der Waals surface area (Å²) in [6, 6.07) is 25.6. The Hall–Kier alpha value is -3.77. The first kappa shape index (κ1) is 21.1. The molecule has 2 aromatic heterocycles. The van der Waals surface area contributed by atoms with Gasteiger partial charge in [0.1, 0.15) is 11.2 Å². The van der Waals surface area contributed by atoms with Crippen LogP contribution in [0.1, 0.15) is 21.5 Å². The van der Waals surface area contributed by atoms with Gasteiger partial charge in [0.05, 0.1) is 6.54 Å². The number of hydrogen-bond acceptors (Lipinski definition) is 4. The summed E-state index contributed by atoms with van der Waals surface area (Å²) in [4.78, 5) is 35.4. The highest BCUT2D eigenvalue weighted by Gasteiger charge is 2.25. The van der Waals surface area contributed by atoms with Crippen LogP contribution < -0.4 is 5.56 Å². The van der Waals surface area contributed by atoms with E-state index in [-0.39, 0.29) is 17.0 Å². The fourth-order valence-corrected chi connectivity index (χ4v) is 4.39. The number of amides is 1. The molecule has 5 rings (SSSR count). The van der Waals surface area contributed by atoms with Crippen molar-refractivity contribution >= 4 is 16.9 Å². The number of carbonyl (C=O) groups excluding carboxylic acids is 1. The van der Waals surface area contributed by atoms with Gasteiger partial charge in [-0.05, 0) is 29.3 Å². The summed E-state index contributed by atoms with van der Waals surface area (Å²) in [6.45, 7) is 4.03. The number of rotatable bonds is 5. The van der Waals surface area contributed by atoms with Crippen molar-refractivity contribution in [3.63, 3.8) is 0 Å². The first-order valence-electron chi connectivity index (χ1n) is 11.3. The molecule has 3 heterocycles. The van der Waals surface area contributed by atoms with Crippen molar-refractivity contribution in [3.8, 4) is 0 Å². The molecule has 4 aromatic rings. The van der Waals surface area contributed by atoms with Crippen LogP contribution in [0.4, 0.5) is 0 Å². The Balaban J connectivity index is 1.39. The lowest BCUT2D eigenvalue weighted by Gasteiger charge is -2.34. The van der Waals surface area contributed by atoms with Gasteiger partial charge in [-0.2, -0.15) is 0 Å². The number of benzene rings is 2. The molecule has 0 spiro atoms. The fraction of sp³-hybridized carbons (Fsp3) is 0.222. The molecule has 1 saturated heterocycles. The summed E-state index contributed by atoms with van der Waals surface area (Å²) in [5.74, 6) is -0.202. The van der Waals surface area contributed by atoms with E-state index in [4.69, 9.17) is 0 Å². The van der Waals surface area contributed by atoms with Crippen LogP contribution in [-0.4, -0.2) is 51.4 Å². The van der Waals surface area contributed by atoms with Crippen LogP contribution in [0.2, 0.25) is 0 Å². The average molecular weight is 439 g/mol. The fourth-order valence-electron chi connectivity index (χ4n) is 4.39. The lowest BCUT2D eigenvalue weighted by molar-refractivity contribution is 0.0626. The zero-order valence-electron chi connectivity index (χ0n) is 18.4. The third-order valence-electron chi connectivity index (χ3n) is 6.17. The minimum Gasteiger partial charge on any atom is -0.336 e. The third-order valence-corrected chi connectivity index (χ3v) is 6.17. The molecule has 0 radical (unpaired) electrons. The summed E-state index contributed by atoms with van der Waals surface area (Å²) in [7, 11) is 0. The van der Waals surface area contributed by atoms with E-state index in [2.05, 4.69) is 22.0 Å². The molecule has 0 saturated carbocycles. The highest BCUT2D eigenvalue weighted by Crippen LogP contribution is 2.16. The van der Waals surface area contributed by atoms with E-state index in [9.17, 15) is 9.59 Å². The second-order valence-electron chi connectivity index (χ2n) is 8.41. The molecule has 6 heteroatoms. The van der Waals surface area contributed by atoms with Crippen molar-refractivity contribution in [2.45, 2.75) is 13.1 Å². The van der Waals surface area contributed by atoms with Gasteiger partial charge in [0.15, 0.2) is 0 Å². The maximum absolute atomic E-state index is 13.4. The topological polar surface area (TPSA) is 58.4 Å². The van der Waals surface area contributed by atoms with Crippen LogP contribution in [0.25, 0.3) is 11.0 Å². The largest absolute Gasteiger partial charge is 0.336 e. The molecule has 2 aromatic carbocycles. The van der Waals surface area contributed by atoms with Crippen molar-refractivity contribution in [1.82, 2.24) is 19.4 Å². The predicted octanol–water partition coefficient (Wildman–Crippen LogP) is 3.40. The van der Waals surface area contributed by atoms with Crippen molar-refractivity contribution < 1.29 is 4.79 Å². The van der Waals surface area contributed by atoms with Crippen LogP contribution in [0.3, 0.4) is 0 Å². The summed E-state index contributed by atoms with van der Waals surface area (Å²) in [5.41, 5.74) is 2.77. The maximum Gasteiger partial charge on any atom is 0.265 e. The third kappa shape index (κ3) is 4.56. The van der Waals surface area contributed by atoms with E-state index in [0.717, 1.165) is 30.6 Å². The van der Waals surface area contributed by atoms with Crippen LogP contribution in [0.15, 0.2) is 89.9 Å². The molecular weight excluding hydrogens is 412 g/mol. The van der Waals surface area contributed by atoms with E-state index >= 15 is 0 Å². The minimum atomic E-state index is -0.290. The minimum absolute atomic E-state index is 0.202. The molecule has 0 N–H and O–H groups in total. The first-order chi connectivity index (χ1) is 16.2. The second kappa shape index (κ2) is 9.38. The quantitative estimate of drug-likeness (QED) is 0.479. The number of nitrogens with zero attached hydrogens (tertiary/aromatic N) is 4. The van der Waals surface area contributed by atoms with Gasteiger partial charge in [-0.3, -0.25) is 19.1 Å². The number of piperazine rings is 1. The zero-order chi connectivity index (χ0) is 22.6. The lowest BCUT2D eigenvalue weighted by atomic mass is 10.1. The molecule has 166 valence electrons. The smallest absolute Gasteiger partial charge is 0.265 e. The van der Waals surface area contributed by atoms with Gasteiger partial charge in [0.2, 0.25) is 0 Å². The van der Waals surface area contributed by atoms with E-state index in [0.29, 0.717) is 25.3 Å². The highest BCUT2D eigenvalue weighted by molar-refractivity contribution is 5.97. The van der Waals surface area contributed by atoms with Crippen LogP contribution in [-0.2, 0) is 13.1 Å². The van der Waals surface area contributed by atoms with Crippen molar-refractivity contribution in [2.24, 2.45) is 0 Å². The van der Waals surface area contributed by atoms with E-state index in [1.807, 2.05) is 60.7 Å². The molecule has 33 heavy (non-hydrogen) atoms. The molecule has 1 aliphatic rings. The Morgan fingerprint density at radius 2 is 1.42 bits per heavy atom. The van der Waals surface area contributed by atoms with Gasteiger partial charge in [-0.25, -0.2) is 4.98 Å². The van der Waals surface area contributed by atoms with Gasteiger partial charge < -0.3 is 4.90 Å². The van der Waals surface area contributed by atoms with Crippen molar-refractivity contribution in [3.05, 3.63) is 112 Å². The predicted molar refractivity (Wildman–Crippen MR) is 129 cm³/mol. The van der Waals surface area contributed by atoms with Crippen LogP contribution >= 0.6 is 0 Å². The number of pyridine rings is 2. The van der Waals surface area contributed by atoms with Gasteiger partial charge in [0.25, 0.3) is 11.5 Å². The molecule has 6 nitrogen and oxygen atoms in total. The van der Waals surface area contributed by atoms with Crippen molar-refractivity contribution in [1.29, 1.82) is 0 Å². The molecule has 0 bridgehead atoms. The SMILES string of the molecule is O=C(c1cc2cccnc2n(Cc2ccccc2)c1=O)N1CCN(Cc2ccccc2)CC1. The summed E-state index contributed by atoms with van der Waals surface area (Å²) < 4.78 is 1.61. The Kier molecular flexibility index (Phi) is 6.00. The summed E-state index contributed by atoms with van der Waals surface area (Å²) in [5, 5.41) is 0.791. The summed E-state index contributed by atoms with van der Waals surface area (Å²) in [6.07, 6.45) is 1.68. The maximum atomic E-state index is 13.4. The van der Waals surface area contributed by atoms with Gasteiger partial charge in [0, 0.05) is 44.3 Å². The van der Waals surface area contributed by atoms with Gasteiger partial charge >= 0.3 is 0 Å². The standard InChI is InChI=1S/C27H26N4O2/c32-26(30-16-14-29(15-17-30)19-21-8-3-1-4-9-21)24-18-23-12-7-13-28-25(23)31(27(24)33)20-22-10-5-2-6-11-22/h1-13,18H,14-17,19-20H2.